The van der Waals surface area contributed by atoms with Crippen LogP contribution in [-0.2, 0) is 4.79 Å². The summed E-state index contributed by atoms with van der Waals surface area (Å²) in [5.74, 6) is 0.201. The minimum absolute atomic E-state index is 0.0325. The number of para-hydroxylation sites is 1. The number of hydrogen-bond donors (Lipinski definition) is 2. The normalized spacial score (nSPS) is 19.0. The molecular weight excluding hydrogens is 358 g/mol. The average Bonchev–Trinajstić information content (AvgIpc) is 3.37. The number of amides is 2. The second-order valence-corrected chi connectivity index (χ2v) is 7.96. The topological polar surface area (TPSA) is 100 Å². The summed E-state index contributed by atoms with van der Waals surface area (Å²) in [5.41, 5.74) is 0.473. The van der Waals surface area contributed by atoms with E-state index in [1.165, 1.54) is 9.70 Å². The van der Waals surface area contributed by atoms with Crippen molar-refractivity contribution < 1.29 is 14.7 Å². The number of likely N-dealkylation sites (tertiary alicyclic amines) is 1. The van der Waals surface area contributed by atoms with Crippen molar-refractivity contribution in [3.8, 4) is 5.69 Å². The highest BCUT2D eigenvalue weighted by Gasteiger charge is 2.49. The van der Waals surface area contributed by atoms with Gasteiger partial charge in [0.1, 0.15) is 5.60 Å². The number of hydrogen-bond acceptors (Lipinski definition) is 5. The largest absolute Gasteiger partial charge is 0.384 e. The number of benzene rings is 1. The van der Waals surface area contributed by atoms with Gasteiger partial charge in [-0.1, -0.05) is 18.2 Å². The third-order valence-corrected chi connectivity index (χ3v) is 5.54. The predicted molar refractivity (Wildman–Crippen MR) is 102 cm³/mol. The number of aliphatic hydroxyl groups is 1. The monoisotopic (exact) mass is 383 g/mol. The molecule has 1 aromatic carbocycles. The van der Waals surface area contributed by atoms with Crippen molar-refractivity contribution in [2.75, 3.05) is 13.1 Å². The zero-order valence-corrected chi connectivity index (χ0v) is 16.1. The molecule has 148 valence electrons. The predicted octanol–water partition coefficient (Wildman–Crippen LogP) is 1.07. The van der Waals surface area contributed by atoms with Crippen LogP contribution in [0.3, 0.4) is 0 Å². The molecule has 8 heteroatoms. The highest BCUT2D eigenvalue weighted by molar-refractivity contribution is 5.94. The maximum atomic E-state index is 12.8. The maximum Gasteiger partial charge on any atom is 0.276 e. The fourth-order valence-electron chi connectivity index (χ4n) is 3.45. The van der Waals surface area contributed by atoms with Crippen molar-refractivity contribution >= 4 is 11.8 Å². The summed E-state index contributed by atoms with van der Waals surface area (Å²) in [5, 5.41) is 22.3. The van der Waals surface area contributed by atoms with Crippen LogP contribution >= 0.6 is 0 Å². The Labute approximate surface area is 163 Å². The first-order valence-corrected chi connectivity index (χ1v) is 9.66. The van der Waals surface area contributed by atoms with Crippen LogP contribution in [0.15, 0.2) is 30.3 Å². The van der Waals surface area contributed by atoms with Crippen LogP contribution in [0, 0.1) is 12.8 Å². The average molecular weight is 383 g/mol. The highest BCUT2D eigenvalue weighted by atomic mass is 16.3. The molecule has 1 aromatic heterocycles. The Kier molecular flexibility index (Phi) is 4.66. The van der Waals surface area contributed by atoms with E-state index in [1.807, 2.05) is 30.3 Å². The molecule has 2 fully saturated rings. The molecule has 8 nitrogen and oxygen atoms in total. The van der Waals surface area contributed by atoms with Gasteiger partial charge in [0.25, 0.3) is 5.91 Å². The van der Waals surface area contributed by atoms with E-state index >= 15 is 0 Å². The Morgan fingerprint density at radius 3 is 2.57 bits per heavy atom. The summed E-state index contributed by atoms with van der Waals surface area (Å²) in [6.45, 7) is 3.85. The number of aromatic nitrogens is 3. The lowest BCUT2D eigenvalue weighted by Gasteiger charge is -2.49. The van der Waals surface area contributed by atoms with Crippen molar-refractivity contribution in [1.82, 2.24) is 25.2 Å². The van der Waals surface area contributed by atoms with Gasteiger partial charge in [0.2, 0.25) is 5.91 Å². The zero-order valence-electron chi connectivity index (χ0n) is 16.1. The molecule has 2 aliphatic rings. The fraction of sp³-hybridized carbons (Fsp3) is 0.500. The summed E-state index contributed by atoms with van der Waals surface area (Å²) in [6, 6.07) is 8.97. The lowest BCUT2D eigenvalue weighted by atomic mass is 9.86. The molecule has 0 bridgehead atoms. The Hall–Kier alpha value is -2.74. The first-order chi connectivity index (χ1) is 13.4. The SMILES string of the molecule is Cc1nn(-c2ccccc2)nc1C(=O)N1CC(O)(C(C)NC(=O)CC2CC2)C1. The van der Waals surface area contributed by atoms with Crippen molar-refractivity contribution in [3.63, 3.8) is 0 Å². The molecule has 1 aliphatic heterocycles. The summed E-state index contributed by atoms with van der Waals surface area (Å²) < 4.78 is 0. The van der Waals surface area contributed by atoms with E-state index in [9.17, 15) is 14.7 Å². The second-order valence-electron chi connectivity index (χ2n) is 7.96. The van der Waals surface area contributed by atoms with E-state index in [2.05, 4.69) is 15.5 Å². The number of rotatable bonds is 6. The molecule has 28 heavy (non-hydrogen) atoms. The summed E-state index contributed by atoms with van der Waals surface area (Å²) in [7, 11) is 0. The molecule has 4 rings (SSSR count). The summed E-state index contributed by atoms with van der Waals surface area (Å²) in [4.78, 5) is 27.8. The first-order valence-electron chi connectivity index (χ1n) is 9.66. The standard InChI is InChI=1S/C20H25N5O3/c1-13-18(23-25(22-13)16-6-4-3-5-7-16)19(27)24-11-20(28,12-24)14(2)21-17(26)10-15-8-9-15/h3-7,14-15,28H,8-12H2,1-2H3,(H,21,26). The molecule has 2 amide bonds. The van der Waals surface area contributed by atoms with E-state index in [0.29, 0.717) is 18.0 Å². The van der Waals surface area contributed by atoms with Crippen molar-refractivity contribution in [2.45, 2.75) is 44.8 Å². The Morgan fingerprint density at radius 2 is 1.93 bits per heavy atom. The molecule has 2 aromatic rings. The van der Waals surface area contributed by atoms with E-state index in [4.69, 9.17) is 0 Å². The van der Waals surface area contributed by atoms with Gasteiger partial charge >= 0.3 is 0 Å². The smallest absolute Gasteiger partial charge is 0.276 e. The number of nitrogens with zero attached hydrogens (tertiary/aromatic N) is 4. The van der Waals surface area contributed by atoms with E-state index in [0.717, 1.165) is 18.5 Å². The molecule has 1 saturated carbocycles. The highest BCUT2D eigenvalue weighted by Crippen LogP contribution is 2.32. The van der Waals surface area contributed by atoms with Crippen LogP contribution < -0.4 is 5.32 Å². The quantitative estimate of drug-likeness (QED) is 0.777. The number of nitrogens with one attached hydrogen (secondary N) is 1. The molecule has 1 aliphatic carbocycles. The van der Waals surface area contributed by atoms with Crippen LogP contribution in [0.25, 0.3) is 5.69 Å². The fourth-order valence-corrected chi connectivity index (χ4v) is 3.45. The van der Waals surface area contributed by atoms with Gasteiger partial charge in [-0.2, -0.15) is 9.90 Å². The Bertz CT molecular complexity index is 885. The van der Waals surface area contributed by atoms with Crippen molar-refractivity contribution in [1.29, 1.82) is 0 Å². The molecule has 1 unspecified atom stereocenters. The number of carbonyl (C=O) groups is 2. The minimum Gasteiger partial charge on any atom is -0.384 e. The first kappa shape index (κ1) is 18.6. The van der Waals surface area contributed by atoms with Crippen LogP contribution in [0.4, 0.5) is 0 Å². The van der Waals surface area contributed by atoms with Gasteiger partial charge < -0.3 is 15.3 Å². The lowest BCUT2D eigenvalue weighted by molar-refractivity contribution is -0.130. The summed E-state index contributed by atoms with van der Waals surface area (Å²) >= 11 is 0. The molecule has 0 spiro atoms. The molecule has 1 saturated heterocycles. The van der Waals surface area contributed by atoms with Gasteiger partial charge in [-0.3, -0.25) is 9.59 Å². The zero-order chi connectivity index (χ0) is 19.9. The van der Waals surface area contributed by atoms with Gasteiger partial charge in [-0.25, -0.2) is 0 Å². The van der Waals surface area contributed by atoms with Crippen LogP contribution in [0.5, 0.6) is 0 Å². The second kappa shape index (κ2) is 7.01. The van der Waals surface area contributed by atoms with Crippen molar-refractivity contribution in [2.24, 2.45) is 5.92 Å². The van der Waals surface area contributed by atoms with Crippen LogP contribution in [0.1, 0.15) is 42.4 Å². The molecular formula is C20H25N5O3. The van der Waals surface area contributed by atoms with Crippen LogP contribution in [-0.4, -0.2) is 61.5 Å². The molecule has 0 radical (unpaired) electrons. The minimum atomic E-state index is -1.11. The third kappa shape index (κ3) is 3.64. The van der Waals surface area contributed by atoms with Gasteiger partial charge in [-0.15, -0.1) is 5.10 Å². The lowest BCUT2D eigenvalue weighted by Crippen LogP contribution is -2.71. The van der Waals surface area contributed by atoms with Gasteiger partial charge in [0.15, 0.2) is 5.69 Å². The maximum absolute atomic E-state index is 12.8. The number of carbonyl (C=O) groups excluding carboxylic acids is 2. The third-order valence-electron chi connectivity index (χ3n) is 5.54. The van der Waals surface area contributed by atoms with E-state index in [1.54, 1.807) is 13.8 Å². The Morgan fingerprint density at radius 1 is 1.25 bits per heavy atom. The van der Waals surface area contributed by atoms with Crippen LogP contribution in [0.2, 0.25) is 0 Å². The molecule has 2 N–H and O–H groups in total. The van der Waals surface area contributed by atoms with Gasteiger partial charge in [0, 0.05) is 6.42 Å². The van der Waals surface area contributed by atoms with Crippen molar-refractivity contribution in [3.05, 3.63) is 41.7 Å². The van der Waals surface area contributed by atoms with Gasteiger partial charge in [-0.05, 0) is 44.7 Å². The van der Waals surface area contributed by atoms with Gasteiger partial charge in [0.05, 0.1) is 30.5 Å². The van der Waals surface area contributed by atoms with E-state index in [-0.39, 0.29) is 30.6 Å². The Balaban J connectivity index is 1.38. The number of β-amino-alcohol motifs (C(OH)–C–C–N with tert-alkyl or cyclic N) is 1. The van der Waals surface area contributed by atoms with E-state index < -0.39 is 11.6 Å². The number of aryl methyl sites for hydroxylation is 1. The summed E-state index contributed by atoms with van der Waals surface area (Å²) in [6.07, 6.45) is 2.74. The molecule has 2 heterocycles. The molecule has 1 atom stereocenters.